The van der Waals surface area contributed by atoms with E-state index in [4.69, 9.17) is 14.2 Å². The summed E-state index contributed by atoms with van der Waals surface area (Å²) in [4.78, 5) is -0.00106. The largest absolute Gasteiger partial charge is 0.496 e. The number of rotatable bonds is 3. The van der Waals surface area contributed by atoms with Crippen molar-refractivity contribution in [3.05, 3.63) is 52.0 Å². The molecule has 5 heteroatoms. The Labute approximate surface area is 140 Å². The number of halogens is 2. The van der Waals surface area contributed by atoms with E-state index in [9.17, 15) is 0 Å². The number of methoxy groups -OCH3 is 1. The van der Waals surface area contributed by atoms with Gasteiger partial charge in [0, 0.05) is 10.0 Å². The van der Waals surface area contributed by atoms with Gasteiger partial charge < -0.3 is 14.2 Å². The topological polar surface area (TPSA) is 27.7 Å². The Hall–Kier alpha value is -1.20. The number of benzene rings is 2. The Balaban J connectivity index is 2.03. The molecule has 0 fully saturated rings. The molecule has 0 saturated heterocycles. The SMILES string of the molecule is COc1ccccc1C(Br)c1cc2c(cc1Br)OCCO2. The molecule has 110 valence electrons. The molecule has 0 aromatic heterocycles. The molecular formula is C16H14Br2O3. The van der Waals surface area contributed by atoms with E-state index in [1.807, 2.05) is 36.4 Å². The molecule has 2 aromatic carbocycles. The number of para-hydroxylation sites is 1. The van der Waals surface area contributed by atoms with Crippen molar-refractivity contribution in [2.75, 3.05) is 20.3 Å². The maximum Gasteiger partial charge on any atom is 0.162 e. The van der Waals surface area contributed by atoms with Gasteiger partial charge in [0.15, 0.2) is 11.5 Å². The van der Waals surface area contributed by atoms with Crippen molar-refractivity contribution >= 4 is 31.9 Å². The lowest BCUT2D eigenvalue weighted by atomic mass is 10.0. The Morgan fingerprint density at radius 3 is 2.43 bits per heavy atom. The monoisotopic (exact) mass is 412 g/mol. The standard InChI is InChI=1S/C16H14Br2O3/c1-19-13-5-3-2-4-10(13)16(18)11-8-14-15(9-12(11)17)21-7-6-20-14/h2-5,8-9,16H,6-7H2,1H3. The molecule has 1 aliphatic heterocycles. The van der Waals surface area contributed by atoms with Crippen LogP contribution in [0.2, 0.25) is 0 Å². The second kappa shape index (κ2) is 6.28. The zero-order valence-corrected chi connectivity index (χ0v) is 14.6. The van der Waals surface area contributed by atoms with Gasteiger partial charge in [0.1, 0.15) is 19.0 Å². The fourth-order valence-corrected chi connectivity index (χ4v) is 3.93. The molecule has 3 rings (SSSR count). The highest BCUT2D eigenvalue weighted by atomic mass is 79.9. The van der Waals surface area contributed by atoms with Crippen LogP contribution in [-0.4, -0.2) is 20.3 Å². The molecule has 1 unspecified atom stereocenters. The second-order valence-corrected chi connectivity index (χ2v) is 6.39. The van der Waals surface area contributed by atoms with E-state index in [0.717, 1.165) is 32.8 Å². The van der Waals surface area contributed by atoms with E-state index >= 15 is 0 Å². The fraction of sp³-hybridized carbons (Fsp3) is 0.250. The van der Waals surface area contributed by atoms with Crippen LogP contribution >= 0.6 is 31.9 Å². The summed E-state index contributed by atoms with van der Waals surface area (Å²) in [6.07, 6.45) is 0. The zero-order chi connectivity index (χ0) is 14.8. The molecule has 0 radical (unpaired) electrons. The third kappa shape index (κ3) is 2.90. The summed E-state index contributed by atoms with van der Waals surface area (Å²) in [7, 11) is 1.68. The molecule has 1 heterocycles. The van der Waals surface area contributed by atoms with E-state index in [0.29, 0.717) is 13.2 Å². The van der Waals surface area contributed by atoms with Gasteiger partial charge in [-0.15, -0.1) is 0 Å². The van der Waals surface area contributed by atoms with Crippen LogP contribution in [0, 0.1) is 0 Å². The summed E-state index contributed by atoms with van der Waals surface area (Å²) in [5.74, 6) is 2.40. The molecule has 0 amide bonds. The minimum absolute atomic E-state index is 0.00106. The summed E-state index contributed by atoms with van der Waals surface area (Å²) < 4.78 is 17.7. The van der Waals surface area contributed by atoms with E-state index in [1.54, 1.807) is 7.11 Å². The molecule has 3 nitrogen and oxygen atoms in total. The van der Waals surface area contributed by atoms with Crippen LogP contribution in [0.25, 0.3) is 0 Å². The van der Waals surface area contributed by atoms with Crippen molar-refractivity contribution in [3.8, 4) is 17.2 Å². The Morgan fingerprint density at radius 2 is 1.71 bits per heavy atom. The van der Waals surface area contributed by atoms with Crippen LogP contribution in [0.5, 0.6) is 17.2 Å². The van der Waals surface area contributed by atoms with Crippen LogP contribution in [0.15, 0.2) is 40.9 Å². The minimum atomic E-state index is -0.00106. The van der Waals surface area contributed by atoms with Gasteiger partial charge in [-0.1, -0.05) is 50.1 Å². The van der Waals surface area contributed by atoms with E-state index in [1.165, 1.54) is 0 Å². The third-order valence-corrected chi connectivity index (χ3v) is 5.02. The van der Waals surface area contributed by atoms with Gasteiger partial charge in [0.25, 0.3) is 0 Å². The molecule has 0 aliphatic carbocycles. The van der Waals surface area contributed by atoms with Crippen LogP contribution in [-0.2, 0) is 0 Å². The average molecular weight is 414 g/mol. The highest BCUT2D eigenvalue weighted by molar-refractivity contribution is 9.11. The summed E-state index contributed by atoms with van der Waals surface area (Å²) in [5.41, 5.74) is 2.14. The molecular weight excluding hydrogens is 400 g/mol. The van der Waals surface area contributed by atoms with Gasteiger partial charge >= 0.3 is 0 Å². The van der Waals surface area contributed by atoms with E-state index in [-0.39, 0.29) is 4.83 Å². The Bertz CT molecular complexity index is 658. The Kier molecular flexibility index (Phi) is 4.40. The number of ether oxygens (including phenoxy) is 3. The summed E-state index contributed by atoms with van der Waals surface area (Å²) in [6, 6.07) is 11.9. The van der Waals surface area contributed by atoms with E-state index in [2.05, 4.69) is 31.9 Å². The van der Waals surface area contributed by atoms with Gasteiger partial charge in [-0.3, -0.25) is 0 Å². The highest BCUT2D eigenvalue weighted by Gasteiger charge is 2.21. The summed E-state index contributed by atoms with van der Waals surface area (Å²) in [6.45, 7) is 1.17. The summed E-state index contributed by atoms with van der Waals surface area (Å²) >= 11 is 7.37. The number of fused-ring (bicyclic) bond motifs is 1. The lowest BCUT2D eigenvalue weighted by molar-refractivity contribution is 0.171. The lowest BCUT2D eigenvalue weighted by Crippen LogP contribution is -2.15. The van der Waals surface area contributed by atoms with Gasteiger partial charge in [0.05, 0.1) is 11.9 Å². The molecule has 0 saturated carbocycles. The van der Waals surface area contributed by atoms with Gasteiger partial charge in [-0.05, 0) is 23.8 Å². The molecule has 0 spiro atoms. The highest BCUT2D eigenvalue weighted by Crippen LogP contribution is 2.44. The normalized spacial score (nSPS) is 14.6. The molecule has 1 atom stereocenters. The van der Waals surface area contributed by atoms with Crippen LogP contribution < -0.4 is 14.2 Å². The smallest absolute Gasteiger partial charge is 0.162 e. The fourth-order valence-electron chi connectivity index (χ4n) is 2.32. The average Bonchev–Trinajstić information content (AvgIpc) is 2.53. The molecule has 0 N–H and O–H groups in total. The van der Waals surface area contributed by atoms with Crippen molar-refractivity contribution in [2.45, 2.75) is 4.83 Å². The predicted molar refractivity (Wildman–Crippen MR) is 88.9 cm³/mol. The van der Waals surface area contributed by atoms with Crippen LogP contribution in [0.1, 0.15) is 16.0 Å². The molecule has 0 bridgehead atoms. The Morgan fingerprint density at radius 1 is 1.05 bits per heavy atom. The minimum Gasteiger partial charge on any atom is -0.496 e. The third-order valence-electron chi connectivity index (χ3n) is 3.35. The molecule has 1 aliphatic rings. The van der Waals surface area contributed by atoms with Crippen molar-refractivity contribution < 1.29 is 14.2 Å². The first-order valence-corrected chi connectivity index (χ1v) is 8.27. The lowest BCUT2D eigenvalue weighted by Gasteiger charge is -2.22. The van der Waals surface area contributed by atoms with E-state index < -0.39 is 0 Å². The molecule has 21 heavy (non-hydrogen) atoms. The first kappa shape index (κ1) is 14.7. The summed E-state index contributed by atoms with van der Waals surface area (Å²) in [5, 5.41) is 0. The maximum absolute atomic E-state index is 5.66. The number of hydrogen-bond acceptors (Lipinski definition) is 3. The molecule has 2 aromatic rings. The van der Waals surface area contributed by atoms with Gasteiger partial charge in [-0.25, -0.2) is 0 Å². The number of hydrogen-bond donors (Lipinski definition) is 0. The first-order chi connectivity index (χ1) is 10.2. The zero-order valence-electron chi connectivity index (χ0n) is 11.4. The number of alkyl halides is 1. The van der Waals surface area contributed by atoms with Crippen molar-refractivity contribution in [1.29, 1.82) is 0 Å². The van der Waals surface area contributed by atoms with Crippen molar-refractivity contribution in [3.63, 3.8) is 0 Å². The van der Waals surface area contributed by atoms with Crippen LogP contribution in [0.4, 0.5) is 0 Å². The quantitative estimate of drug-likeness (QED) is 0.681. The van der Waals surface area contributed by atoms with Gasteiger partial charge in [-0.2, -0.15) is 0 Å². The predicted octanol–water partition coefficient (Wildman–Crippen LogP) is 4.71. The van der Waals surface area contributed by atoms with Crippen molar-refractivity contribution in [2.24, 2.45) is 0 Å². The van der Waals surface area contributed by atoms with Crippen molar-refractivity contribution in [1.82, 2.24) is 0 Å². The van der Waals surface area contributed by atoms with Gasteiger partial charge in [0.2, 0.25) is 0 Å². The maximum atomic E-state index is 5.66. The van der Waals surface area contributed by atoms with Crippen LogP contribution in [0.3, 0.4) is 0 Å². The first-order valence-electron chi connectivity index (χ1n) is 6.56. The second-order valence-electron chi connectivity index (χ2n) is 4.62.